The molecule has 0 aliphatic heterocycles. The van der Waals surface area contributed by atoms with Crippen LogP contribution in [0.15, 0.2) is 53.7 Å². The first-order valence-corrected chi connectivity index (χ1v) is 9.48. The molecular formula is C19H20ClN3OS. The highest BCUT2D eigenvalue weighted by Gasteiger charge is 2.12. The number of hydrogen-bond acceptors (Lipinski definition) is 4. The van der Waals surface area contributed by atoms with Gasteiger partial charge in [0.25, 0.3) is 0 Å². The molecular weight excluding hydrogens is 354 g/mol. The molecule has 0 bridgehead atoms. The summed E-state index contributed by atoms with van der Waals surface area (Å²) in [5.74, 6) is 2.68. The Morgan fingerprint density at radius 2 is 1.68 bits per heavy atom. The van der Waals surface area contributed by atoms with Gasteiger partial charge in [-0.05, 0) is 42.3 Å². The van der Waals surface area contributed by atoms with Crippen molar-refractivity contribution in [2.24, 2.45) is 0 Å². The van der Waals surface area contributed by atoms with E-state index in [1.54, 1.807) is 18.9 Å². The number of nitrogens with zero attached hydrogens (tertiary/aromatic N) is 3. The molecule has 0 amide bonds. The number of ether oxygens (including phenoxy) is 1. The van der Waals surface area contributed by atoms with Gasteiger partial charge in [0.2, 0.25) is 0 Å². The Morgan fingerprint density at radius 3 is 2.32 bits per heavy atom. The second-order valence-corrected chi connectivity index (χ2v) is 6.96. The zero-order valence-electron chi connectivity index (χ0n) is 14.3. The molecule has 6 heteroatoms. The van der Waals surface area contributed by atoms with Gasteiger partial charge < -0.3 is 9.30 Å². The smallest absolute Gasteiger partial charge is 0.191 e. The van der Waals surface area contributed by atoms with E-state index >= 15 is 0 Å². The fraction of sp³-hybridized carbons (Fsp3) is 0.263. The fourth-order valence-corrected chi connectivity index (χ4v) is 3.63. The van der Waals surface area contributed by atoms with E-state index < -0.39 is 0 Å². The molecule has 130 valence electrons. The van der Waals surface area contributed by atoms with Crippen molar-refractivity contribution in [3.8, 4) is 5.75 Å². The van der Waals surface area contributed by atoms with E-state index in [4.69, 9.17) is 16.3 Å². The minimum Gasteiger partial charge on any atom is -0.497 e. The maximum atomic E-state index is 5.93. The molecule has 0 aliphatic rings. The van der Waals surface area contributed by atoms with E-state index in [2.05, 4.69) is 33.8 Å². The molecule has 2 aromatic carbocycles. The summed E-state index contributed by atoms with van der Waals surface area (Å²) in [6.07, 6.45) is 0.756. The van der Waals surface area contributed by atoms with Crippen LogP contribution in [0.2, 0.25) is 5.02 Å². The van der Waals surface area contributed by atoms with Gasteiger partial charge in [-0.25, -0.2) is 0 Å². The first kappa shape index (κ1) is 17.8. The van der Waals surface area contributed by atoms with Crippen LogP contribution in [0.5, 0.6) is 5.75 Å². The number of halogens is 1. The van der Waals surface area contributed by atoms with E-state index in [1.807, 2.05) is 36.4 Å². The summed E-state index contributed by atoms with van der Waals surface area (Å²) in [5, 5.41) is 10.5. The van der Waals surface area contributed by atoms with Crippen molar-refractivity contribution in [2.45, 2.75) is 30.8 Å². The molecule has 25 heavy (non-hydrogen) atoms. The Bertz CT molecular complexity index is 816. The molecule has 0 spiro atoms. The molecule has 0 aliphatic carbocycles. The van der Waals surface area contributed by atoms with Gasteiger partial charge >= 0.3 is 0 Å². The number of hydrogen-bond donors (Lipinski definition) is 0. The maximum absolute atomic E-state index is 5.93. The molecule has 0 N–H and O–H groups in total. The van der Waals surface area contributed by atoms with Crippen molar-refractivity contribution in [3.63, 3.8) is 0 Å². The van der Waals surface area contributed by atoms with Crippen LogP contribution >= 0.6 is 23.4 Å². The van der Waals surface area contributed by atoms with E-state index in [-0.39, 0.29) is 0 Å². The lowest BCUT2D eigenvalue weighted by atomic mass is 10.1. The molecule has 1 heterocycles. The molecule has 0 atom stereocenters. The van der Waals surface area contributed by atoms with Gasteiger partial charge in [-0.15, -0.1) is 10.2 Å². The van der Waals surface area contributed by atoms with E-state index in [9.17, 15) is 0 Å². The van der Waals surface area contributed by atoms with Crippen molar-refractivity contribution >= 4 is 23.4 Å². The Morgan fingerprint density at radius 1 is 1.00 bits per heavy atom. The lowest BCUT2D eigenvalue weighted by molar-refractivity contribution is 0.414. The first-order valence-electron chi connectivity index (χ1n) is 8.12. The maximum Gasteiger partial charge on any atom is 0.191 e. The van der Waals surface area contributed by atoms with Gasteiger partial charge in [-0.3, -0.25) is 0 Å². The number of aromatic nitrogens is 3. The summed E-state index contributed by atoms with van der Waals surface area (Å²) in [6.45, 7) is 2.97. The van der Waals surface area contributed by atoms with E-state index in [1.165, 1.54) is 11.1 Å². The zero-order chi connectivity index (χ0) is 17.6. The summed E-state index contributed by atoms with van der Waals surface area (Å²) in [7, 11) is 1.67. The molecule has 0 radical (unpaired) electrons. The van der Waals surface area contributed by atoms with Gasteiger partial charge in [0.15, 0.2) is 5.16 Å². The predicted molar refractivity (Wildman–Crippen MR) is 103 cm³/mol. The van der Waals surface area contributed by atoms with E-state index in [0.717, 1.165) is 40.5 Å². The predicted octanol–water partition coefficient (Wildman–Crippen LogP) is 4.84. The Labute approximate surface area is 157 Å². The van der Waals surface area contributed by atoms with E-state index in [0.29, 0.717) is 0 Å². The van der Waals surface area contributed by atoms with Gasteiger partial charge in [0, 0.05) is 23.7 Å². The first-order chi connectivity index (χ1) is 12.2. The van der Waals surface area contributed by atoms with Crippen LogP contribution in [0.1, 0.15) is 23.9 Å². The topological polar surface area (TPSA) is 39.9 Å². The largest absolute Gasteiger partial charge is 0.497 e. The van der Waals surface area contributed by atoms with Crippen LogP contribution in [-0.2, 0) is 18.7 Å². The molecule has 0 unspecified atom stereocenters. The fourth-order valence-electron chi connectivity index (χ4n) is 2.53. The average Bonchev–Trinajstić information content (AvgIpc) is 3.03. The van der Waals surface area contributed by atoms with Crippen molar-refractivity contribution in [1.82, 2.24) is 14.8 Å². The van der Waals surface area contributed by atoms with Gasteiger partial charge in [0.1, 0.15) is 11.6 Å². The number of rotatable bonds is 7. The summed E-state index contributed by atoms with van der Waals surface area (Å²) in [6, 6.07) is 16.0. The SMILES string of the molecule is CCn1c(Cc2ccc(OC)cc2)nnc1SCc1ccc(Cl)cc1. The quantitative estimate of drug-likeness (QED) is 0.555. The highest BCUT2D eigenvalue weighted by molar-refractivity contribution is 7.98. The molecule has 0 fully saturated rings. The van der Waals surface area contributed by atoms with Crippen LogP contribution in [-0.4, -0.2) is 21.9 Å². The van der Waals surface area contributed by atoms with Crippen molar-refractivity contribution < 1.29 is 4.74 Å². The number of thioether (sulfide) groups is 1. The summed E-state index contributed by atoms with van der Waals surface area (Å²) in [4.78, 5) is 0. The van der Waals surface area contributed by atoms with Crippen molar-refractivity contribution in [1.29, 1.82) is 0 Å². The van der Waals surface area contributed by atoms with Crippen LogP contribution in [0.4, 0.5) is 0 Å². The summed E-state index contributed by atoms with van der Waals surface area (Å²) in [5.41, 5.74) is 2.41. The molecule has 0 saturated carbocycles. The molecule has 0 saturated heterocycles. The van der Waals surface area contributed by atoms with Gasteiger partial charge in [-0.1, -0.05) is 47.6 Å². The lowest BCUT2D eigenvalue weighted by Gasteiger charge is -2.08. The van der Waals surface area contributed by atoms with Gasteiger partial charge in [0.05, 0.1) is 7.11 Å². The summed E-state index contributed by atoms with van der Waals surface area (Å²) < 4.78 is 7.38. The van der Waals surface area contributed by atoms with Crippen LogP contribution in [0.25, 0.3) is 0 Å². The molecule has 4 nitrogen and oxygen atoms in total. The van der Waals surface area contributed by atoms with Crippen LogP contribution in [0, 0.1) is 0 Å². The highest BCUT2D eigenvalue weighted by atomic mass is 35.5. The lowest BCUT2D eigenvalue weighted by Crippen LogP contribution is -2.04. The third-order valence-corrected chi connectivity index (χ3v) is 5.20. The van der Waals surface area contributed by atoms with Gasteiger partial charge in [-0.2, -0.15) is 0 Å². The molecule has 3 aromatic rings. The van der Waals surface area contributed by atoms with Crippen LogP contribution in [0.3, 0.4) is 0 Å². The normalized spacial score (nSPS) is 10.8. The number of benzene rings is 2. The second-order valence-electron chi connectivity index (χ2n) is 5.58. The third kappa shape index (κ3) is 4.55. The highest BCUT2D eigenvalue weighted by Crippen LogP contribution is 2.24. The Kier molecular flexibility index (Phi) is 6.00. The minimum absolute atomic E-state index is 0.756. The molecule has 1 aromatic heterocycles. The Balaban J connectivity index is 1.70. The zero-order valence-corrected chi connectivity index (χ0v) is 15.8. The number of methoxy groups -OCH3 is 1. The Hall–Kier alpha value is -1.98. The second kappa shape index (κ2) is 8.41. The molecule has 3 rings (SSSR count). The third-order valence-electron chi connectivity index (χ3n) is 3.91. The van der Waals surface area contributed by atoms with Crippen LogP contribution < -0.4 is 4.74 Å². The van der Waals surface area contributed by atoms with Crippen molar-refractivity contribution in [2.75, 3.05) is 7.11 Å². The average molecular weight is 374 g/mol. The van der Waals surface area contributed by atoms with Crippen molar-refractivity contribution in [3.05, 3.63) is 70.5 Å². The summed E-state index contributed by atoms with van der Waals surface area (Å²) >= 11 is 7.63. The minimum atomic E-state index is 0.756. The standard InChI is InChI=1S/C19H20ClN3OS/c1-3-23-18(12-14-6-10-17(24-2)11-7-14)21-22-19(23)25-13-15-4-8-16(20)9-5-15/h4-11H,3,12-13H2,1-2H3. The monoisotopic (exact) mass is 373 g/mol.